The highest BCUT2D eigenvalue weighted by atomic mass is 35.5. The number of hydrogen-bond donors (Lipinski definition) is 1. The van der Waals surface area contributed by atoms with Gasteiger partial charge in [-0.25, -0.2) is 14.4 Å². The van der Waals surface area contributed by atoms with Gasteiger partial charge in [-0.1, -0.05) is 75.7 Å². The molecule has 0 saturated heterocycles. The van der Waals surface area contributed by atoms with Crippen molar-refractivity contribution in [2.45, 2.75) is 32.4 Å². The average molecular weight is 649 g/mol. The lowest BCUT2D eigenvalue weighted by Gasteiger charge is -2.37. The van der Waals surface area contributed by atoms with E-state index in [-0.39, 0.29) is 41.8 Å². The molecule has 0 bridgehead atoms. The number of aliphatic hydroxyl groups is 1. The molecule has 0 radical (unpaired) electrons. The van der Waals surface area contributed by atoms with E-state index in [0.29, 0.717) is 16.7 Å². The zero-order valence-electron chi connectivity index (χ0n) is 19.0. The fourth-order valence-electron chi connectivity index (χ4n) is 4.35. The Bertz CT molecular complexity index is 1300. The number of ether oxygens (including phenoxy) is 5. The monoisotopic (exact) mass is 646 g/mol. The number of halogens is 6. The Balaban J connectivity index is 1.85. The maximum Gasteiger partial charge on any atom is 0.345 e. The van der Waals surface area contributed by atoms with E-state index in [0.717, 1.165) is 0 Å². The smallest absolute Gasteiger partial charge is 0.345 e. The molecule has 9 nitrogen and oxygen atoms in total. The molecule has 1 heterocycles. The Kier molecular flexibility index (Phi) is 8.69. The summed E-state index contributed by atoms with van der Waals surface area (Å²) >= 11 is 33.7. The third-order valence-corrected chi connectivity index (χ3v) is 6.88. The number of methoxy groups -OCH3 is 1. The summed E-state index contributed by atoms with van der Waals surface area (Å²) in [4.78, 5) is 31.8. The highest BCUT2D eigenvalue weighted by molar-refractivity contribution is 6.54. The molecule has 15 heteroatoms. The summed E-state index contributed by atoms with van der Waals surface area (Å²) in [6.45, 7) is -0.261. The molecule has 1 aliphatic carbocycles. The van der Waals surface area contributed by atoms with Crippen molar-refractivity contribution in [3.05, 3.63) is 41.0 Å². The number of rotatable bonds is 7. The zero-order chi connectivity index (χ0) is 27.9. The standard InChI is InChI=1S/C23H16Cl6O9/c1-34-12-4-8-6-23(33)7-35-15-9(14(23)10(8)5-13(12)37-21(31)18(26)27)2-3-11(36-20(30)17(24)25)16(15)38-22(32)19(28)29/h2-5,14,17-19,33H,6-7H2,1H3/t14-,23+/m0/s1. The lowest BCUT2D eigenvalue weighted by atomic mass is 9.80. The second kappa shape index (κ2) is 11.3. The normalized spacial score (nSPS) is 19.4. The zero-order valence-corrected chi connectivity index (χ0v) is 23.5. The molecule has 38 heavy (non-hydrogen) atoms. The molecule has 1 N–H and O–H groups in total. The summed E-state index contributed by atoms with van der Waals surface area (Å²) in [5, 5.41) is 11.6. The highest BCUT2D eigenvalue weighted by Gasteiger charge is 2.51. The van der Waals surface area contributed by atoms with Gasteiger partial charge in [0.25, 0.3) is 0 Å². The molecule has 2 atom stereocenters. The lowest BCUT2D eigenvalue weighted by molar-refractivity contribution is -0.135. The van der Waals surface area contributed by atoms with Crippen LogP contribution in [-0.4, -0.2) is 56.8 Å². The molecule has 0 unspecified atom stereocenters. The predicted molar refractivity (Wildman–Crippen MR) is 139 cm³/mol. The Morgan fingerprint density at radius 2 is 1.45 bits per heavy atom. The summed E-state index contributed by atoms with van der Waals surface area (Å²) in [5.74, 6) is -4.23. The third-order valence-electron chi connectivity index (χ3n) is 5.81. The Labute approximate surface area is 245 Å². The van der Waals surface area contributed by atoms with Gasteiger partial charge in [0.2, 0.25) is 20.3 Å². The maximum atomic E-state index is 12.3. The molecule has 204 valence electrons. The van der Waals surface area contributed by atoms with Crippen molar-refractivity contribution in [1.82, 2.24) is 0 Å². The number of alkyl halides is 6. The average Bonchev–Trinajstić information content (AvgIpc) is 3.15. The molecule has 4 rings (SSSR count). The van der Waals surface area contributed by atoms with Gasteiger partial charge in [-0.15, -0.1) is 0 Å². The van der Waals surface area contributed by atoms with E-state index in [9.17, 15) is 19.5 Å². The molecule has 0 aromatic heterocycles. The molecule has 0 saturated carbocycles. The van der Waals surface area contributed by atoms with Gasteiger partial charge in [0.1, 0.15) is 12.2 Å². The van der Waals surface area contributed by atoms with Crippen LogP contribution in [0.5, 0.6) is 28.7 Å². The van der Waals surface area contributed by atoms with Gasteiger partial charge in [-0.05, 0) is 29.3 Å². The SMILES string of the molecule is COc1cc2c(cc1OC(=O)C(Cl)Cl)[C@@H]1c3ccc(OC(=O)C(Cl)Cl)c(OC(=O)C(Cl)Cl)c3OC[C@]1(O)C2. The summed E-state index contributed by atoms with van der Waals surface area (Å²) in [5.41, 5.74) is 0.117. The number of fused-ring (bicyclic) bond motifs is 5. The first-order valence-electron chi connectivity index (χ1n) is 10.6. The van der Waals surface area contributed by atoms with Crippen LogP contribution >= 0.6 is 69.6 Å². The lowest BCUT2D eigenvalue weighted by Crippen LogP contribution is -2.44. The first kappa shape index (κ1) is 29.1. The van der Waals surface area contributed by atoms with E-state index < -0.39 is 43.9 Å². The second-order valence-corrected chi connectivity index (χ2v) is 11.5. The maximum absolute atomic E-state index is 12.3. The van der Waals surface area contributed by atoms with Gasteiger partial charge >= 0.3 is 17.9 Å². The van der Waals surface area contributed by atoms with Crippen LogP contribution in [0.3, 0.4) is 0 Å². The molecule has 0 spiro atoms. The first-order valence-corrected chi connectivity index (χ1v) is 13.2. The van der Waals surface area contributed by atoms with Crippen molar-refractivity contribution in [3.63, 3.8) is 0 Å². The molecular weight excluding hydrogens is 633 g/mol. The van der Waals surface area contributed by atoms with Crippen LogP contribution in [0.4, 0.5) is 0 Å². The summed E-state index contributed by atoms with van der Waals surface area (Å²) < 4.78 is 26.9. The molecule has 2 aliphatic rings. The van der Waals surface area contributed by atoms with Crippen LogP contribution in [0.25, 0.3) is 0 Å². The summed E-state index contributed by atoms with van der Waals surface area (Å²) in [6.07, 6.45) is 0.141. The van der Waals surface area contributed by atoms with Gasteiger partial charge in [-0.2, -0.15) is 0 Å². The van der Waals surface area contributed by atoms with Gasteiger partial charge in [0.05, 0.1) is 7.11 Å². The van der Waals surface area contributed by atoms with Crippen molar-refractivity contribution in [1.29, 1.82) is 0 Å². The van der Waals surface area contributed by atoms with Crippen LogP contribution in [0.1, 0.15) is 22.6 Å². The molecule has 2 aromatic rings. The van der Waals surface area contributed by atoms with Crippen LogP contribution in [-0.2, 0) is 20.8 Å². The fraction of sp³-hybridized carbons (Fsp3) is 0.348. The second-order valence-electron chi connectivity index (χ2n) is 8.18. The summed E-state index contributed by atoms with van der Waals surface area (Å²) in [6, 6.07) is 5.92. The minimum atomic E-state index is -1.58. The van der Waals surface area contributed by atoms with E-state index in [1.807, 2.05) is 0 Å². The van der Waals surface area contributed by atoms with Crippen molar-refractivity contribution < 1.29 is 43.2 Å². The predicted octanol–water partition coefficient (Wildman–Crippen LogP) is 4.63. The number of carbonyl (C=O) groups is 3. The first-order chi connectivity index (χ1) is 17.9. The number of esters is 3. The van der Waals surface area contributed by atoms with Crippen molar-refractivity contribution in [3.8, 4) is 28.7 Å². The van der Waals surface area contributed by atoms with E-state index in [1.165, 1.54) is 25.3 Å². The molecule has 2 aromatic carbocycles. The third kappa shape index (κ3) is 5.56. The molecule has 0 amide bonds. The minimum absolute atomic E-state index is 0.0134. The fourth-order valence-corrected chi connectivity index (χ4v) is 4.62. The van der Waals surface area contributed by atoms with Crippen LogP contribution in [0, 0.1) is 0 Å². The van der Waals surface area contributed by atoms with Gasteiger partial charge in [0, 0.05) is 17.9 Å². The van der Waals surface area contributed by atoms with Crippen LogP contribution in [0.15, 0.2) is 24.3 Å². The molecular formula is C23H16Cl6O9. The van der Waals surface area contributed by atoms with Crippen molar-refractivity contribution in [2.24, 2.45) is 0 Å². The van der Waals surface area contributed by atoms with Crippen molar-refractivity contribution >= 4 is 87.5 Å². The Morgan fingerprint density at radius 3 is 2.03 bits per heavy atom. The van der Waals surface area contributed by atoms with Crippen LogP contribution < -0.4 is 23.7 Å². The largest absolute Gasteiger partial charge is 0.493 e. The van der Waals surface area contributed by atoms with Gasteiger partial charge in [0.15, 0.2) is 23.0 Å². The van der Waals surface area contributed by atoms with Gasteiger partial charge < -0.3 is 28.8 Å². The quantitative estimate of drug-likeness (QED) is 0.260. The Morgan fingerprint density at radius 1 is 0.868 bits per heavy atom. The topological polar surface area (TPSA) is 118 Å². The van der Waals surface area contributed by atoms with Gasteiger partial charge in [-0.3, -0.25) is 0 Å². The van der Waals surface area contributed by atoms with E-state index >= 15 is 0 Å². The summed E-state index contributed by atoms with van der Waals surface area (Å²) in [7, 11) is 1.38. The number of hydrogen-bond acceptors (Lipinski definition) is 9. The number of benzene rings is 2. The Hall–Kier alpha value is -1.85. The van der Waals surface area contributed by atoms with E-state index in [4.69, 9.17) is 93.3 Å². The van der Waals surface area contributed by atoms with E-state index in [2.05, 4.69) is 0 Å². The highest BCUT2D eigenvalue weighted by Crippen LogP contribution is 2.56. The van der Waals surface area contributed by atoms with Crippen LogP contribution in [0.2, 0.25) is 0 Å². The van der Waals surface area contributed by atoms with E-state index in [1.54, 1.807) is 6.07 Å². The number of carbonyl (C=O) groups excluding carboxylic acids is 3. The molecule has 0 fully saturated rings. The van der Waals surface area contributed by atoms with Crippen molar-refractivity contribution in [2.75, 3.05) is 13.7 Å². The molecule has 1 aliphatic heterocycles. The minimum Gasteiger partial charge on any atom is -0.493 e.